The van der Waals surface area contributed by atoms with E-state index in [2.05, 4.69) is 37.9 Å². The zero-order valence-electron chi connectivity index (χ0n) is 13.0. The van der Waals surface area contributed by atoms with Crippen LogP contribution in [0.1, 0.15) is 53.4 Å². The van der Waals surface area contributed by atoms with Gasteiger partial charge in [0.05, 0.1) is 11.7 Å². The van der Waals surface area contributed by atoms with Gasteiger partial charge in [-0.1, -0.05) is 0 Å². The van der Waals surface area contributed by atoms with Gasteiger partial charge in [0.25, 0.3) is 0 Å². The fourth-order valence-electron chi connectivity index (χ4n) is 3.80. The third kappa shape index (κ3) is 3.32. The molecule has 3 aliphatic rings. The van der Waals surface area contributed by atoms with Gasteiger partial charge in [-0.05, 0) is 59.3 Å². The van der Waals surface area contributed by atoms with Crippen molar-refractivity contribution in [1.29, 1.82) is 0 Å². The molecule has 3 rings (SSSR count). The molecule has 2 aliphatic heterocycles. The molecule has 0 aromatic rings. The summed E-state index contributed by atoms with van der Waals surface area (Å²) in [5, 5.41) is 3.72. The molecule has 0 aromatic heterocycles. The number of ether oxygens (including phenoxy) is 1. The minimum atomic E-state index is 0.100. The maximum absolute atomic E-state index is 6.21. The lowest BCUT2D eigenvalue weighted by atomic mass is 9.96. The Morgan fingerprint density at radius 2 is 1.89 bits per heavy atom. The third-order valence-corrected chi connectivity index (χ3v) is 5.02. The number of piperazine rings is 1. The molecule has 3 nitrogen and oxygen atoms in total. The zero-order valence-corrected chi connectivity index (χ0v) is 13.0. The highest BCUT2D eigenvalue weighted by molar-refractivity contribution is 4.99. The Hall–Kier alpha value is -0.120. The van der Waals surface area contributed by atoms with Crippen molar-refractivity contribution < 1.29 is 4.74 Å². The molecule has 0 spiro atoms. The summed E-state index contributed by atoms with van der Waals surface area (Å²) < 4.78 is 6.21. The zero-order chi connectivity index (χ0) is 13.7. The lowest BCUT2D eigenvalue weighted by molar-refractivity contribution is -0.0438. The SMILES string of the molecule is CC1(C)CN(CC2CCC(C)(C)O2)C(C2CC2)CN1. The predicted molar refractivity (Wildman–Crippen MR) is 78.4 cm³/mol. The highest BCUT2D eigenvalue weighted by Crippen LogP contribution is 2.38. The van der Waals surface area contributed by atoms with Gasteiger partial charge in [0, 0.05) is 31.2 Å². The molecule has 2 unspecified atom stereocenters. The summed E-state index contributed by atoms with van der Waals surface area (Å²) >= 11 is 0. The Balaban J connectivity index is 1.62. The van der Waals surface area contributed by atoms with Crippen molar-refractivity contribution in [2.24, 2.45) is 5.92 Å². The Labute approximate surface area is 118 Å². The van der Waals surface area contributed by atoms with E-state index in [9.17, 15) is 0 Å². The number of nitrogens with zero attached hydrogens (tertiary/aromatic N) is 1. The van der Waals surface area contributed by atoms with Crippen LogP contribution in [0, 0.1) is 5.92 Å². The van der Waals surface area contributed by atoms with Crippen LogP contribution in [0.4, 0.5) is 0 Å². The third-order valence-electron chi connectivity index (χ3n) is 5.02. The highest BCUT2D eigenvalue weighted by atomic mass is 16.5. The first-order valence-electron chi connectivity index (χ1n) is 8.02. The summed E-state index contributed by atoms with van der Waals surface area (Å²) in [4.78, 5) is 2.72. The van der Waals surface area contributed by atoms with E-state index in [1.165, 1.54) is 25.7 Å². The van der Waals surface area contributed by atoms with Crippen LogP contribution in [0.3, 0.4) is 0 Å². The van der Waals surface area contributed by atoms with E-state index in [1.54, 1.807) is 0 Å². The van der Waals surface area contributed by atoms with Crippen LogP contribution in [-0.2, 0) is 4.74 Å². The van der Waals surface area contributed by atoms with Crippen LogP contribution < -0.4 is 5.32 Å². The van der Waals surface area contributed by atoms with Crippen molar-refractivity contribution in [3.63, 3.8) is 0 Å². The van der Waals surface area contributed by atoms with Gasteiger partial charge in [-0.25, -0.2) is 0 Å². The molecule has 110 valence electrons. The fourth-order valence-corrected chi connectivity index (χ4v) is 3.80. The Bertz CT molecular complexity index is 336. The molecule has 1 saturated carbocycles. The van der Waals surface area contributed by atoms with E-state index in [4.69, 9.17) is 4.74 Å². The summed E-state index contributed by atoms with van der Waals surface area (Å²) in [6.45, 7) is 12.6. The first-order chi connectivity index (χ1) is 8.85. The topological polar surface area (TPSA) is 24.5 Å². The molecule has 0 aromatic carbocycles. The van der Waals surface area contributed by atoms with Gasteiger partial charge in [0.2, 0.25) is 0 Å². The largest absolute Gasteiger partial charge is 0.371 e. The molecule has 0 amide bonds. The number of nitrogens with one attached hydrogen (secondary N) is 1. The molecule has 2 saturated heterocycles. The lowest BCUT2D eigenvalue weighted by Gasteiger charge is -2.45. The second-order valence-corrected chi connectivity index (χ2v) is 8.14. The van der Waals surface area contributed by atoms with Crippen molar-refractivity contribution in [1.82, 2.24) is 10.2 Å². The maximum Gasteiger partial charge on any atom is 0.0710 e. The van der Waals surface area contributed by atoms with Crippen molar-refractivity contribution in [2.45, 2.75) is 76.7 Å². The Morgan fingerprint density at radius 1 is 1.16 bits per heavy atom. The van der Waals surface area contributed by atoms with E-state index in [0.717, 1.165) is 31.6 Å². The average Bonchev–Trinajstić information content (AvgIpc) is 3.04. The predicted octanol–water partition coefficient (Wildman–Crippen LogP) is 2.41. The summed E-state index contributed by atoms with van der Waals surface area (Å²) in [5.41, 5.74) is 0.350. The monoisotopic (exact) mass is 266 g/mol. The molecule has 2 atom stereocenters. The van der Waals surface area contributed by atoms with Gasteiger partial charge in [0.1, 0.15) is 0 Å². The van der Waals surface area contributed by atoms with Crippen LogP contribution in [0.25, 0.3) is 0 Å². The molecule has 0 radical (unpaired) electrons. The van der Waals surface area contributed by atoms with Crippen LogP contribution >= 0.6 is 0 Å². The van der Waals surface area contributed by atoms with Gasteiger partial charge in [-0.2, -0.15) is 0 Å². The van der Waals surface area contributed by atoms with Crippen molar-refractivity contribution in [3.05, 3.63) is 0 Å². The second-order valence-electron chi connectivity index (χ2n) is 8.14. The van der Waals surface area contributed by atoms with Crippen molar-refractivity contribution >= 4 is 0 Å². The molecule has 3 fully saturated rings. The molecule has 3 heteroatoms. The van der Waals surface area contributed by atoms with Crippen molar-refractivity contribution in [2.75, 3.05) is 19.6 Å². The Morgan fingerprint density at radius 3 is 2.47 bits per heavy atom. The van der Waals surface area contributed by atoms with Crippen LogP contribution in [0.2, 0.25) is 0 Å². The quantitative estimate of drug-likeness (QED) is 0.849. The molecule has 1 N–H and O–H groups in total. The van der Waals surface area contributed by atoms with E-state index in [0.29, 0.717) is 6.10 Å². The minimum Gasteiger partial charge on any atom is -0.371 e. The van der Waals surface area contributed by atoms with Gasteiger partial charge in [-0.15, -0.1) is 0 Å². The summed E-state index contributed by atoms with van der Waals surface area (Å²) in [6.07, 6.45) is 5.75. The van der Waals surface area contributed by atoms with Crippen LogP contribution in [0.15, 0.2) is 0 Å². The molecule has 1 aliphatic carbocycles. The van der Waals surface area contributed by atoms with Crippen LogP contribution in [-0.4, -0.2) is 47.8 Å². The molecular weight excluding hydrogens is 236 g/mol. The number of hydrogen-bond acceptors (Lipinski definition) is 3. The first kappa shape index (κ1) is 13.8. The molecule has 0 bridgehead atoms. The van der Waals surface area contributed by atoms with E-state index < -0.39 is 0 Å². The first-order valence-corrected chi connectivity index (χ1v) is 8.02. The fraction of sp³-hybridized carbons (Fsp3) is 1.00. The van der Waals surface area contributed by atoms with E-state index >= 15 is 0 Å². The number of rotatable bonds is 3. The molecule has 2 heterocycles. The minimum absolute atomic E-state index is 0.100. The lowest BCUT2D eigenvalue weighted by Crippen LogP contribution is -2.63. The van der Waals surface area contributed by atoms with Crippen LogP contribution in [0.5, 0.6) is 0 Å². The average molecular weight is 266 g/mol. The van der Waals surface area contributed by atoms with Gasteiger partial charge >= 0.3 is 0 Å². The van der Waals surface area contributed by atoms with E-state index in [-0.39, 0.29) is 11.1 Å². The van der Waals surface area contributed by atoms with E-state index in [1.807, 2.05) is 0 Å². The summed E-state index contributed by atoms with van der Waals surface area (Å²) in [6, 6.07) is 0.750. The molecular formula is C16H30N2O. The second kappa shape index (κ2) is 4.71. The summed E-state index contributed by atoms with van der Waals surface area (Å²) in [5.74, 6) is 0.943. The normalized spacial score (nSPS) is 38.5. The van der Waals surface area contributed by atoms with Gasteiger partial charge in [-0.3, -0.25) is 4.90 Å². The smallest absolute Gasteiger partial charge is 0.0710 e. The van der Waals surface area contributed by atoms with Gasteiger partial charge < -0.3 is 10.1 Å². The Kier molecular flexibility index (Phi) is 3.43. The van der Waals surface area contributed by atoms with Crippen molar-refractivity contribution in [3.8, 4) is 0 Å². The maximum atomic E-state index is 6.21. The number of hydrogen-bond donors (Lipinski definition) is 1. The highest BCUT2D eigenvalue weighted by Gasteiger charge is 2.42. The standard InChI is InChI=1S/C16H30N2O/c1-15(2)11-18(14(9-17-15)12-5-6-12)10-13-7-8-16(3,4)19-13/h12-14,17H,5-11H2,1-4H3. The van der Waals surface area contributed by atoms with Gasteiger partial charge in [0.15, 0.2) is 0 Å². The molecule has 19 heavy (non-hydrogen) atoms. The summed E-state index contributed by atoms with van der Waals surface area (Å²) in [7, 11) is 0.